The van der Waals surface area contributed by atoms with E-state index in [9.17, 15) is 13.5 Å². The summed E-state index contributed by atoms with van der Waals surface area (Å²) in [4.78, 5) is 0. The first-order valence-corrected chi connectivity index (χ1v) is 7.71. The summed E-state index contributed by atoms with van der Waals surface area (Å²) < 4.78 is 22.2. The quantitative estimate of drug-likeness (QED) is 0.747. The molecule has 2 unspecified atom stereocenters. The van der Waals surface area contributed by atoms with Crippen LogP contribution >= 0.6 is 0 Å². The second-order valence-electron chi connectivity index (χ2n) is 5.42. The van der Waals surface area contributed by atoms with E-state index < -0.39 is 14.6 Å². The normalized spacial score (nSPS) is 27.2. The Morgan fingerprint density at radius 3 is 2.44 bits per heavy atom. The maximum absolute atomic E-state index is 11.5. The van der Waals surface area contributed by atoms with Gasteiger partial charge in [-0.2, -0.15) is 0 Å². The molecule has 1 saturated carbocycles. The number of hydrogen-bond donors (Lipinski definition) is 2. The third-order valence-electron chi connectivity index (χ3n) is 3.58. The Bertz CT molecular complexity index is 324. The number of nitrogens with one attached hydrogen (secondary N) is 1. The minimum absolute atomic E-state index is 0.214. The highest BCUT2D eigenvalue weighted by molar-refractivity contribution is 7.92. The van der Waals surface area contributed by atoms with Crippen molar-refractivity contribution in [1.82, 2.24) is 5.32 Å². The third-order valence-corrected chi connectivity index (χ3v) is 5.73. The number of sulfone groups is 1. The Labute approximate surface area is 98.4 Å². The molecule has 96 valence electrons. The van der Waals surface area contributed by atoms with Gasteiger partial charge in [0.25, 0.3) is 0 Å². The molecule has 0 bridgehead atoms. The third kappa shape index (κ3) is 3.43. The predicted molar refractivity (Wildman–Crippen MR) is 65.1 cm³/mol. The van der Waals surface area contributed by atoms with Gasteiger partial charge in [0.2, 0.25) is 0 Å². The number of rotatable bonds is 5. The van der Waals surface area contributed by atoms with E-state index in [0.717, 1.165) is 19.3 Å². The summed E-state index contributed by atoms with van der Waals surface area (Å²) in [7, 11) is -3.04. The lowest BCUT2D eigenvalue weighted by atomic mass is 10.1. The first-order valence-electron chi connectivity index (χ1n) is 5.82. The molecule has 0 radical (unpaired) electrons. The van der Waals surface area contributed by atoms with Crippen LogP contribution in [0.25, 0.3) is 0 Å². The summed E-state index contributed by atoms with van der Waals surface area (Å²) in [6.07, 6.45) is 4.03. The van der Waals surface area contributed by atoms with Crippen molar-refractivity contribution >= 4 is 9.84 Å². The van der Waals surface area contributed by atoms with Crippen LogP contribution in [0.3, 0.4) is 0 Å². The van der Waals surface area contributed by atoms with Gasteiger partial charge in [0, 0.05) is 19.3 Å². The molecule has 0 aromatic rings. The van der Waals surface area contributed by atoms with Crippen LogP contribution in [0, 0.1) is 5.92 Å². The molecule has 0 saturated heterocycles. The van der Waals surface area contributed by atoms with E-state index >= 15 is 0 Å². The Kier molecular flexibility index (Phi) is 4.37. The molecule has 0 heterocycles. The van der Waals surface area contributed by atoms with Crippen molar-refractivity contribution in [2.24, 2.45) is 5.92 Å². The van der Waals surface area contributed by atoms with E-state index in [-0.39, 0.29) is 12.0 Å². The topological polar surface area (TPSA) is 66.4 Å². The van der Waals surface area contributed by atoms with Gasteiger partial charge in [-0.25, -0.2) is 8.42 Å². The highest BCUT2D eigenvalue weighted by Gasteiger charge is 2.31. The first kappa shape index (κ1) is 13.9. The molecule has 0 aromatic heterocycles. The minimum Gasteiger partial charge on any atom is -0.393 e. The van der Waals surface area contributed by atoms with Crippen LogP contribution in [0.5, 0.6) is 0 Å². The van der Waals surface area contributed by atoms with E-state index in [0.29, 0.717) is 13.1 Å². The van der Waals surface area contributed by atoms with Crippen LogP contribution in [0.4, 0.5) is 0 Å². The van der Waals surface area contributed by atoms with Crippen molar-refractivity contribution in [3.8, 4) is 0 Å². The van der Waals surface area contributed by atoms with Gasteiger partial charge in [-0.15, -0.1) is 0 Å². The van der Waals surface area contributed by atoms with Crippen LogP contribution < -0.4 is 5.32 Å². The maximum Gasteiger partial charge on any atom is 0.153 e. The van der Waals surface area contributed by atoms with Gasteiger partial charge in [-0.05, 0) is 32.6 Å². The Morgan fingerprint density at radius 2 is 2.00 bits per heavy atom. The summed E-state index contributed by atoms with van der Waals surface area (Å²) in [5, 5.41) is 12.8. The summed E-state index contributed by atoms with van der Waals surface area (Å²) in [5.41, 5.74) is 0. The molecule has 1 aliphatic rings. The molecule has 0 amide bonds. The van der Waals surface area contributed by atoms with Gasteiger partial charge in [0.15, 0.2) is 9.84 Å². The van der Waals surface area contributed by atoms with Crippen LogP contribution in [0.2, 0.25) is 0 Å². The maximum atomic E-state index is 11.5. The fourth-order valence-electron chi connectivity index (χ4n) is 1.95. The smallest absolute Gasteiger partial charge is 0.153 e. The van der Waals surface area contributed by atoms with Crippen LogP contribution in [0.15, 0.2) is 0 Å². The van der Waals surface area contributed by atoms with Gasteiger partial charge in [0.05, 0.1) is 10.9 Å². The molecule has 5 heteroatoms. The molecule has 1 fully saturated rings. The number of aliphatic hydroxyl groups excluding tert-OH is 1. The van der Waals surface area contributed by atoms with Crippen molar-refractivity contribution < 1.29 is 13.5 Å². The van der Waals surface area contributed by atoms with E-state index in [2.05, 4.69) is 5.32 Å². The molecule has 2 N–H and O–H groups in total. The second kappa shape index (κ2) is 5.02. The summed E-state index contributed by atoms with van der Waals surface area (Å²) in [6.45, 7) is 4.59. The average molecular weight is 249 g/mol. The van der Waals surface area contributed by atoms with Gasteiger partial charge in [-0.1, -0.05) is 6.42 Å². The zero-order chi connectivity index (χ0) is 12.4. The lowest BCUT2D eigenvalue weighted by Crippen LogP contribution is -2.43. The van der Waals surface area contributed by atoms with Crippen molar-refractivity contribution in [2.45, 2.75) is 44.0 Å². The molecule has 0 aromatic carbocycles. The van der Waals surface area contributed by atoms with E-state index in [1.165, 1.54) is 6.26 Å². The van der Waals surface area contributed by atoms with Gasteiger partial charge >= 0.3 is 0 Å². The van der Waals surface area contributed by atoms with Crippen molar-refractivity contribution in [3.05, 3.63) is 0 Å². The molecular formula is C11H23NO3S. The SMILES string of the molecule is CC(C)(CNCC1CCCC1O)S(C)(=O)=O. The zero-order valence-corrected chi connectivity index (χ0v) is 11.2. The fraction of sp³-hybridized carbons (Fsp3) is 1.00. The lowest BCUT2D eigenvalue weighted by molar-refractivity contribution is 0.131. The van der Waals surface area contributed by atoms with Crippen molar-refractivity contribution in [3.63, 3.8) is 0 Å². The standard InChI is InChI=1S/C11H23NO3S/c1-11(2,16(3,14)15)8-12-7-9-5-4-6-10(9)13/h9-10,12-13H,4-8H2,1-3H3. The molecule has 1 rings (SSSR count). The van der Waals surface area contributed by atoms with Gasteiger partial charge in [-0.3, -0.25) is 0 Å². The average Bonchev–Trinajstić information content (AvgIpc) is 2.49. The number of hydrogen-bond acceptors (Lipinski definition) is 4. The first-order chi connectivity index (χ1) is 7.24. The highest BCUT2D eigenvalue weighted by Crippen LogP contribution is 2.24. The van der Waals surface area contributed by atoms with Gasteiger partial charge in [0.1, 0.15) is 0 Å². The molecule has 0 spiro atoms. The lowest BCUT2D eigenvalue weighted by Gasteiger charge is -2.24. The molecule has 4 nitrogen and oxygen atoms in total. The molecule has 2 atom stereocenters. The van der Waals surface area contributed by atoms with Crippen molar-refractivity contribution in [1.29, 1.82) is 0 Å². The van der Waals surface area contributed by atoms with E-state index in [4.69, 9.17) is 0 Å². The summed E-state index contributed by atoms with van der Waals surface area (Å²) in [6, 6.07) is 0. The molecule has 16 heavy (non-hydrogen) atoms. The predicted octanol–water partition coefficient (Wildman–Crippen LogP) is 0.560. The van der Waals surface area contributed by atoms with Crippen LogP contribution in [-0.2, 0) is 9.84 Å². The number of aliphatic hydroxyl groups is 1. The molecule has 0 aliphatic heterocycles. The fourth-order valence-corrected chi connectivity index (χ4v) is 2.31. The van der Waals surface area contributed by atoms with Crippen molar-refractivity contribution in [2.75, 3.05) is 19.3 Å². The Morgan fingerprint density at radius 1 is 1.38 bits per heavy atom. The second-order valence-corrected chi connectivity index (χ2v) is 8.07. The summed E-state index contributed by atoms with van der Waals surface area (Å²) in [5.74, 6) is 0.287. The zero-order valence-electron chi connectivity index (χ0n) is 10.4. The largest absolute Gasteiger partial charge is 0.393 e. The Balaban J connectivity index is 2.35. The van der Waals surface area contributed by atoms with Crippen LogP contribution in [-0.4, -0.2) is 43.7 Å². The molecular weight excluding hydrogens is 226 g/mol. The molecule has 1 aliphatic carbocycles. The minimum atomic E-state index is -3.04. The van der Waals surface area contributed by atoms with Gasteiger partial charge < -0.3 is 10.4 Å². The Hall–Kier alpha value is -0.130. The summed E-state index contributed by atoms with van der Waals surface area (Å²) >= 11 is 0. The van der Waals surface area contributed by atoms with E-state index in [1.54, 1.807) is 13.8 Å². The monoisotopic (exact) mass is 249 g/mol. The van der Waals surface area contributed by atoms with E-state index in [1.807, 2.05) is 0 Å². The highest BCUT2D eigenvalue weighted by atomic mass is 32.2. The van der Waals surface area contributed by atoms with Crippen LogP contribution in [0.1, 0.15) is 33.1 Å².